The predicted octanol–water partition coefficient (Wildman–Crippen LogP) is 2.44. The number of methoxy groups -OCH3 is 1. The number of para-hydroxylation sites is 1. The van der Waals surface area contributed by atoms with Crippen LogP contribution in [0.15, 0.2) is 18.2 Å². The summed E-state index contributed by atoms with van der Waals surface area (Å²) in [5.41, 5.74) is 7.09. The Morgan fingerprint density at radius 3 is 2.68 bits per heavy atom. The molecule has 0 aromatic heterocycles. The summed E-state index contributed by atoms with van der Waals surface area (Å²) in [6.07, 6.45) is 2.39. The Morgan fingerprint density at radius 2 is 2.16 bits per heavy atom. The highest BCUT2D eigenvalue weighted by atomic mass is 16.5. The highest BCUT2D eigenvalue weighted by Crippen LogP contribution is 2.51. The summed E-state index contributed by atoms with van der Waals surface area (Å²) in [6, 6.07) is 5.23. The largest absolute Gasteiger partial charge is 0.494 e. The van der Waals surface area contributed by atoms with Crippen LogP contribution < -0.4 is 15.8 Å². The van der Waals surface area contributed by atoms with Crippen LogP contribution >= 0.6 is 0 Å². The minimum Gasteiger partial charge on any atom is -0.494 e. The van der Waals surface area contributed by atoms with Crippen LogP contribution in [0.2, 0.25) is 0 Å². The van der Waals surface area contributed by atoms with Crippen LogP contribution in [-0.4, -0.2) is 19.6 Å². The maximum absolute atomic E-state index is 12.2. The van der Waals surface area contributed by atoms with E-state index < -0.39 is 0 Å². The topological polar surface area (TPSA) is 64.3 Å². The average Bonchev–Trinajstić information content (AvgIpc) is 3.17. The van der Waals surface area contributed by atoms with E-state index in [1.807, 2.05) is 0 Å². The number of rotatable bonds is 5. The number of carbonyl (C=O) groups is 1. The van der Waals surface area contributed by atoms with Crippen molar-refractivity contribution in [1.82, 2.24) is 5.32 Å². The van der Waals surface area contributed by atoms with E-state index in [-0.39, 0.29) is 5.91 Å². The fourth-order valence-corrected chi connectivity index (χ4v) is 2.43. The van der Waals surface area contributed by atoms with Gasteiger partial charge in [0.25, 0.3) is 5.91 Å². The first-order valence-electron chi connectivity index (χ1n) is 6.71. The molecule has 3 N–H and O–H groups in total. The fraction of sp³-hybridized carbons (Fsp3) is 0.533. The van der Waals surface area contributed by atoms with Crippen molar-refractivity contribution >= 4 is 11.6 Å². The van der Waals surface area contributed by atoms with Gasteiger partial charge in [-0.3, -0.25) is 4.79 Å². The van der Waals surface area contributed by atoms with Crippen LogP contribution in [0.1, 0.15) is 37.0 Å². The maximum atomic E-state index is 12.2. The number of amides is 1. The minimum absolute atomic E-state index is 0.115. The van der Waals surface area contributed by atoms with E-state index in [9.17, 15) is 4.79 Å². The lowest BCUT2D eigenvalue weighted by Crippen LogP contribution is -2.32. The van der Waals surface area contributed by atoms with Crippen LogP contribution in [0, 0.1) is 11.3 Å². The molecule has 0 bridgehead atoms. The zero-order chi connectivity index (χ0) is 14.0. The highest BCUT2D eigenvalue weighted by Gasteiger charge is 2.45. The smallest absolute Gasteiger partial charge is 0.255 e. The van der Waals surface area contributed by atoms with E-state index in [0.29, 0.717) is 28.3 Å². The van der Waals surface area contributed by atoms with Gasteiger partial charge in [-0.05, 0) is 36.3 Å². The van der Waals surface area contributed by atoms with Gasteiger partial charge in [-0.2, -0.15) is 0 Å². The molecule has 4 nitrogen and oxygen atoms in total. The van der Waals surface area contributed by atoms with Gasteiger partial charge >= 0.3 is 0 Å². The lowest BCUT2D eigenvalue weighted by atomic mass is 9.92. The first-order valence-corrected chi connectivity index (χ1v) is 6.71. The highest BCUT2D eigenvalue weighted by molar-refractivity contribution is 5.98. The second kappa shape index (κ2) is 5.11. The van der Waals surface area contributed by atoms with Gasteiger partial charge in [-0.25, -0.2) is 0 Å². The number of carbonyl (C=O) groups excluding carboxylic acids is 1. The molecule has 1 aliphatic carbocycles. The Hall–Kier alpha value is -1.71. The number of hydrogen-bond acceptors (Lipinski definition) is 3. The molecule has 1 saturated carbocycles. The summed E-state index contributed by atoms with van der Waals surface area (Å²) in [6.45, 7) is 5.14. The van der Waals surface area contributed by atoms with Crippen molar-refractivity contribution in [3.63, 3.8) is 0 Å². The quantitative estimate of drug-likeness (QED) is 0.801. The standard InChI is InChI=1S/C15H22N2O2/c1-10(2)15(7-8-15)9-17-14(18)11-5-4-6-12(16)13(11)19-3/h4-6,10H,7-9,16H2,1-3H3,(H,17,18). The summed E-state index contributed by atoms with van der Waals surface area (Å²) < 4.78 is 5.21. The zero-order valence-corrected chi connectivity index (χ0v) is 11.8. The molecule has 0 heterocycles. The molecule has 1 fully saturated rings. The lowest BCUT2D eigenvalue weighted by molar-refractivity contribution is 0.0937. The number of nitrogen functional groups attached to an aromatic ring is 1. The summed E-state index contributed by atoms with van der Waals surface area (Å²) in [4.78, 5) is 12.2. The predicted molar refractivity (Wildman–Crippen MR) is 76.2 cm³/mol. The normalized spacial score (nSPS) is 16.2. The summed E-state index contributed by atoms with van der Waals surface area (Å²) in [7, 11) is 1.53. The van der Waals surface area contributed by atoms with E-state index in [1.165, 1.54) is 20.0 Å². The molecule has 2 rings (SSSR count). The monoisotopic (exact) mass is 262 g/mol. The van der Waals surface area contributed by atoms with Crippen LogP contribution in [0.5, 0.6) is 5.75 Å². The van der Waals surface area contributed by atoms with E-state index >= 15 is 0 Å². The molecule has 19 heavy (non-hydrogen) atoms. The first kappa shape index (κ1) is 13.7. The van der Waals surface area contributed by atoms with E-state index in [2.05, 4.69) is 19.2 Å². The van der Waals surface area contributed by atoms with Crippen molar-refractivity contribution in [1.29, 1.82) is 0 Å². The Morgan fingerprint density at radius 1 is 1.47 bits per heavy atom. The Kier molecular flexibility index (Phi) is 3.69. The Bertz CT molecular complexity index is 479. The lowest BCUT2D eigenvalue weighted by Gasteiger charge is -2.20. The van der Waals surface area contributed by atoms with E-state index in [0.717, 1.165) is 6.54 Å². The maximum Gasteiger partial charge on any atom is 0.255 e. The summed E-state index contributed by atoms with van der Waals surface area (Å²) >= 11 is 0. The molecule has 104 valence electrons. The second-order valence-electron chi connectivity index (χ2n) is 5.63. The summed E-state index contributed by atoms with van der Waals surface area (Å²) in [5, 5.41) is 3.01. The van der Waals surface area contributed by atoms with Crippen LogP contribution in [0.3, 0.4) is 0 Å². The van der Waals surface area contributed by atoms with Crippen molar-refractivity contribution in [2.75, 3.05) is 19.4 Å². The third-order valence-corrected chi connectivity index (χ3v) is 4.21. The number of nitrogens with two attached hydrogens (primary N) is 1. The molecule has 1 aromatic rings. The third-order valence-electron chi connectivity index (χ3n) is 4.21. The second-order valence-corrected chi connectivity index (χ2v) is 5.63. The molecular formula is C15H22N2O2. The van der Waals surface area contributed by atoms with Gasteiger partial charge in [0.2, 0.25) is 0 Å². The number of ether oxygens (including phenoxy) is 1. The Balaban J connectivity index is 2.07. The number of hydrogen-bond donors (Lipinski definition) is 2. The summed E-state index contributed by atoms with van der Waals surface area (Å²) in [5.74, 6) is 0.931. The number of benzene rings is 1. The van der Waals surface area contributed by atoms with E-state index in [4.69, 9.17) is 10.5 Å². The molecule has 0 saturated heterocycles. The molecule has 0 aliphatic heterocycles. The van der Waals surface area contributed by atoms with Gasteiger partial charge in [0.05, 0.1) is 18.4 Å². The molecule has 4 heteroatoms. The SMILES string of the molecule is COc1c(N)cccc1C(=O)NCC1(C(C)C)CC1. The Labute approximate surface area is 114 Å². The number of anilines is 1. The van der Waals surface area contributed by atoms with Gasteiger partial charge in [-0.15, -0.1) is 0 Å². The van der Waals surface area contributed by atoms with Crippen molar-refractivity contribution in [3.05, 3.63) is 23.8 Å². The number of nitrogens with one attached hydrogen (secondary N) is 1. The molecule has 1 aliphatic rings. The van der Waals surface area contributed by atoms with Crippen LogP contribution in [0.4, 0.5) is 5.69 Å². The average molecular weight is 262 g/mol. The van der Waals surface area contributed by atoms with Crippen molar-refractivity contribution in [2.45, 2.75) is 26.7 Å². The molecule has 0 radical (unpaired) electrons. The van der Waals surface area contributed by atoms with Gasteiger partial charge in [0.1, 0.15) is 0 Å². The molecule has 0 unspecified atom stereocenters. The van der Waals surface area contributed by atoms with Crippen LogP contribution in [-0.2, 0) is 0 Å². The molecule has 1 amide bonds. The van der Waals surface area contributed by atoms with Crippen molar-refractivity contribution in [2.24, 2.45) is 11.3 Å². The van der Waals surface area contributed by atoms with Crippen molar-refractivity contribution in [3.8, 4) is 5.75 Å². The molecule has 0 spiro atoms. The van der Waals surface area contributed by atoms with Crippen LogP contribution in [0.25, 0.3) is 0 Å². The van der Waals surface area contributed by atoms with Gasteiger partial charge in [0, 0.05) is 6.54 Å². The van der Waals surface area contributed by atoms with Gasteiger partial charge in [0.15, 0.2) is 5.75 Å². The van der Waals surface area contributed by atoms with Gasteiger partial charge in [-0.1, -0.05) is 19.9 Å². The molecular weight excluding hydrogens is 240 g/mol. The van der Waals surface area contributed by atoms with Gasteiger partial charge < -0.3 is 15.8 Å². The fourth-order valence-electron chi connectivity index (χ4n) is 2.43. The van der Waals surface area contributed by atoms with Crippen molar-refractivity contribution < 1.29 is 9.53 Å². The zero-order valence-electron chi connectivity index (χ0n) is 11.8. The van der Waals surface area contributed by atoms with E-state index in [1.54, 1.807) is 18.2 Å². The molecule has 0 atom stereocenters. The third kappa shape index (κ3) is 2.67. The first-order chi connectivity index (χ1) is 9.00. The minimum atomic E-state index is -0.115. The molecule has 1 aromatic carbocycles.